The van der Waals surface area contributed by atoms with E-state index < -0.39 is 23.5 Å². The molecule has 1 aliphatic heterocycles. The first-order valence-electron chi connectivity index (χ1n) is 11.9. The monoisotopic (exact) mass is 567 g/mol. The lowest BCUT2D eigenvalue weighted by atomic mass is 10.1. The van der Waals surface area contributed by atoms with Crippen molar-refractivity contribution in [2.45, 2.75) is 52.2 Å². The number of hydrogen-bond donors (Lipinski definition) is 4. The van der Waals surface area contributed by atoms with Gasteiger partial charge in [0, 0.05) is 30.4 Å². The van der Waals surface area contributed by atoms with E-state index in [0.29, 0.717) is 25.1 Å². The van der Waals surface area contributed by atoms with Gasteiger partial charge in [0.05, 0.1) is 15.7 Å². The Bertz CT molecular complexity index is 1240. The molecule has 1 aromatic carbocycles. The number of carbonyl (C=O) groups is 4. The average molecular weight is 568 g/mol. The molecular formula is C25H31Cl2N5O6. The Morgan fingerprint density at radius 2 is 1.89 bits per heavy atom. The number of alkyl carbamates (subject to hydrolysis) is 1. The Morgan fingerprint density at radius 1 is 1.18 bits per heavy atom. The van der Waals surface area contributed by atoms with Crippen LogP contribution in [-0.2, 0) is 9.53 Å². The summed E-state index contributed by atoms with van der Waals surface area (Å²) in [4.78, 5) is 54.0. The number of nitrogens with two attached hydrogens (primary N) is 1. The molecule has 13 heteroatoms. The van der Waals surface area contributed by atoms with Gasteiger partial charge in [-0.3, -0.25) is 14.4 Å². The molecule has 38 heavy (non-hydrogen) atoms. The normalized spacial score (nSPS) is 15.5. The topological polar surface area (TPSA) is 156 Å². The molecule has 1 saturated heterocycles. The first kappa shape index (κ1) is 29.1. The second-order valence-electron chi connectivity index (χ2n) is 9.90. The summed E-state index contributed by atoms with van der Waals surface area (Å²) in [5.74, 6) is -1.58. The number of ether oxygens (including phenoxy) is 2. The summed E-state index contributed by atoms with van der Waals surface area (Å²) >= 11 is 12.2. The van der Waals surface area contributed by atoms with Crippen LogP contribution in [0.4, 0.5) is 10.5 Å². The minimum absolute atomic E-state index is 0.0482. The molecule has 1 aromatic heterocycles. The molecule has 1 aliphatic rings. The number of nitrogens with zero attached hydrogens (tertiary/aromatic N) is 1. The summed E-state index contributed by atoms with van der Waals surface area (Å²) in [5, 5.41) is 5.73. The highest BCUT2D eigenvalue weighted by molar-refractivity contribution is 6.44. The van der Waals surface area contributed by atoms with E-state index in [1.54, 1.807) is 32.6 Å². The van der Waals surface area contributed by atoms with Gasteiger partial charge in [0.25, 0.3) is 11.8 Å². The lowest BCUT2D eigenvalue weighted by Crippen LogP contribution is -2.51. The predicted molar refractivity (Wildman–Crippen MR) is 143 cm³/mol. The zero-order valence-corrected chi connectivity index (χ0v) is 23.1. The highest BCUT2D eigenvalue weighted by Crippen LogP contribution is 2.31. The van der Waals surface area contributed by atoms with Crippen LogP contribution in [0.5, 0.6) is 5.75 Å². The number of amides is 4. The third-order valence-corrected chi connectivity index (χ3v) is 6.59. The molecule has 206 valence electrons. The number of hydrogen-bond acceptors (Lipinski definition) is 6. The van der Waals surface area contributed by atoms with E-state index in [1.165, 1.54) is 18.2 Å². The van der Waals surface area contributed by atoms with E-state index in [9.17, 15) is 19.2 Å². The van der Waals surface area contributed by atoms with Gasteiger partial charge in [-0.2, -0.15) is 0 Å². The van der Waals surface area contributed by atoms with E-state index >= 15 is 0 Å². The van der Waals surface area contributed by atoms with E-state index in [4.69, 9.17) is 38.4 Å². The van der Waals surface area contributed by atoms with Crippen LogP contribution in [0.1, 0.15) is 60.2 Å². The molecule has 5 N–H and O–H groups in total. The molecule has 0 saturated carbocycles. The SMILES string of the molecule is Cc1[nH]c(C(=O)Nc2ccc(C(N)=O)cc2OCC(=O)N2CCCC(NC(=O)OC(C)(C)C)C2)c(Cl)c1Cl. The van der Waals surface area contributed by atoms with Gasteiger partial charge in [-0.15, -0.1) is 0 Å². The number of piperidine rings is 1. The van der Waals surface area contributed by atoms with Crippen LogP contribution >= 0.6 is 23.2 Å². The maximum Gasteiger partial charge on any atom is 0.407 e. The number of nitrogens with one attached hydrogen (secondary N) is 3. The highest BCUT2D eigenvalue weighted by atomic mass is 35.5. The predicted octanol–water partition coefficient (Wildman–Crippen LogP) is 3.88. The number of carbonyl (C=O) groups excluding carboxylic acids is 4. The fourth-order valence-corrected chi connectivity index (χ4v) is 4.25. The molecule has 4 amide bonds. The van der Waals surface area contributed by atoms with Gasteiger partial charge in [-0.1, -0.05) is 23.2 Å². The standard InChI is InChI=1S/C25H31Cl2N5O6/c1-13-19(26)20(27)21(29-13)23(35)31-16-8-7-14(22(28)34)10-17(16)37-12-18(33)32-9-5-6-15(11-32)30-24(36)38-25(2,3)4/h7-8,10,15,29H,5-6,9,11-12H2,1-4H3,(H2,28,34)(H,30,36)(H,31,35). The van der Waals surface area contributed by atoms with Gasteiger partial charge < -0.3 is 35.7 Å². The molecule has 2 heterocycles. The number of benzene rings is 1. The lowest BCUT2D eigenvalue weighted by Gasteiger charge is -2.33. The Labute approximate surface area is 230 Å². The van der Waals surface area contributed by atoms with Crippen molar-refractivity contribution in [2.75, 3.05) is 25.0 Å². The summed E-state index contributed by atoms with van der Waals surface area (Å²) < 4.78 is 11.0. The first-order chi connectivity index (χ1) is 17.7. The van der Waals surface area contributed by atoms with Crippen LogP contribution in [0.25, 0.3) is 0 Å². The van der Waals surface area contributed by atoms with E-state index in [0.717, 1.165) is 0 Å². The molecule has 0 radical (unpaired) electrons. The molecule has 0 spiro atoms. The number of primary amides is 1. The molecular weight excluding hydrogens is 537 g/mol. The Kier molecular flexibility index (Phi) is 9.16. The molecule has 1 fully saturated rings. The lowest BCUT2D eigenvalue weighted by molar-refractivity contribution is -0.134. The van der Waals surface area contributed by atoms with Gasteiger partial charge in [0.2, 0.25) is 5.91 Å². The number of aromatic nitrogens is 1. The van der Waals surface area contributed by atoms with Crippen molar-refractivity contribution < 1.29 is 28.7 Å². The highest BCUT2D eigenvalue weighted by Gasteiger charge is 2.27. The molecule has 0 bridgehead atoms. The van der Waals surface area contributed by atoms with Crippen molar-refractivity contribution in [1.29, 1.82) is 0 Å². The summed E-state index contributed by atoms with van der Waals surface area (Å²) in [6, 6.07) is 3.92. The van der Waals surface area contributed by atoms with Gasteiger partial charge >= 0.3 is 6.09 Å². The first-order valence-corrected chi connectivity index (χ1v) is 12.7. The summed E-state index contributed by atoms with van der Waals surface area (Å²) in [6.45, 7) is 7.39. The van der Waals surface area contributed by atoms with Gasteiger partial charge in [-0.25, -0.2) is 4.79 Å². The third kappa shape index (κ3) is 7.55. The van der Waals surface area contributed by atoms with Gasteiger partial charge in [0.1, 0.15) is 17.0 Å². The quantitative estimate of drug-likeness (QED) is 0.397. The molecule has 2 aromatic rings. The third-order valence-electron chi connectivity index (χ3n) is 5.64. The number of halogens is 2. The van der Waals surface area contributed by atoms with E-state index in [1.807, 2.05) is 0 Å². The second kappa shape index (κ2) is 12.0. The van der Waals surface area contributed by atoms with Crippen LogP contribution in [0.15, 0.2) is 18.2 Å². The summed E-state index contributed by atoms with van der Waals surface area (Å²) in [5.41, 5.74) is 5.65. The number of likely N-dealkylation sites (tertiary alicyclic amines) is 1. The number of rotatable bonds is 7. The van der Waals surface area contributed by atoms with Crippen LogP contribution in [0, 0.1) is 6.92 Å². The number of H-pyrrole nitrogens is 1. The van der Waals surface area contributed by atoms with E-state index in [2.05, 4.69) is 15.6 Å². The molecule has 11 nitrogen and oxygen atoms in total. The molecule has 1 atom stereocenters. The second-order valence-corrected chi connectivity index (χ2v) is 10.7. The Morgan fingerprint density at radius 3 is 2.50 bits per heavy atom. The maximum absolute atomic E-state index is 12.9. The molecule has 0 aliphatic carbocycles. The van der Waals surface area contributed by atoms with Crippen molar-refractivity contribution in [1.82, 2.24) is 15.2 Å². The minimum Gasteiger partial charge on any atom is -0.482 e. The average Bonchev–Trinajstić information content (AvgIpc) is 3.09. The Balaban J connectivity index is 1.68. The zero-order valence-electron chi connectivity index (χ0n) is 21.6. The van der Waals surface area contributed by atoms with Crippen LogP contribution in [0.3, 0.4) is 0 Å². The van der Waals surface area contributed by atoms with Crippen molar-refractivity contribution in [3.63, 3.8) is 0 Å². The fraction of sp³-hybridized carbons (Fsp3) is 0.440. The van der Waals surface area contributed by atoms with Crippen molar-refractivity contribution >= 4 is 52.7 Å². The molecule has 3 rings (SSSR count). The van der Waals surface area contributed by atoms with Gasteiger partial charge in [0.15, 0.2) is 6.61 Å². The minimum atomic E-state index is -0.707. The fourth-order valence-electron chi connectivity index (χ4n) is 3.84. The van der Waals surface area contributed by atoms with Crippen molar-refractivity contribution in [3.8, 4) is 5.75 Å². The smallest absolute Gasteiger partial charge is 0.407 e. The number of aromatic amines is 1. The van der Waals surface area contributed by atoms with E-state index in [-0.39, 0.29) is 57.8 Å². The summed E-state index contributed by atoms with van der Waals surface area (Å²) in [7, 11) is 0. The summed E-state index contributed by atoms with van der Waals surface area (Å²) in [6.07, 6.45) is 0.838. The van der Waals surface area contributed by atoms with Crippen LogP contribution in [-0.4, -0.2) is 65.0 Å². The van der Waals surface area contributed by atoms with Crippen LogP contribution in [0.2, 0.25) is 10.0 Å². The Hall–Kier alpha value is -3.44. The number of anilines is 1. The number of aryl methyl sites for hydroxylation is 1. The van der Waals surface area contributed by atoms with Gasteiger partial charge in [-0.05, 0) is 58.7 Å². The maximum atomic E-state index is 12.9. The molecule has 1 unspecified atom stereocenters. The zero-order chi connectivity index (χ0) is 28.2. The largest absolute Gasteiger partial charge is 0.482 e. The van der Waals surface area contributed by atoms with Crippen molar-refractivity contribution in [3.05, 3.63) is 45.2 Å². The van der Waals surface area contributed by atoms with Crippen molar-refractivity contribution in [2.24, 2.45) is 5.73 Å². The van der Waals surface area contributed by atoms with Crippen LogP contribution < -0.4 is 21.1 Å².